The summed E-state index contributed by atoms with van der Waals surface area (Å²) < 4.78 is 42.8. The number of carbonyl (C=O) groups is 2. The van der Waals surface area contributed by atoms with E-state index in [1.54, 1.807) is 20.8 Å². The fourth-order valence-corrected chi connectivity index (χ4v) is 4.09. The van der Waals surface area contributed by atoms with Gasteiger partial charge >= 0.3 is 11.9 Å². The number of rotatable bonds is 7. The number of hydrogen-bond donors (Lipinski definition) is 1. The summed E-state index contributed by atoms with van der Waals surface area (Å²) in [5.74, 6) is -1.57. The molecule has 0 bridgehead atoms. The Morgan fingerprint density at radius 3 is 2.64 bits per heavy atom. The van der Waals surface area contributed by atoms with E-state index in [1.165, 1.54) is 12.1 Å². The number of sulfonamides is 1. The Hall–Kier alpha value is -1.68. The SMILES string of the molecule is CC(C)(C)OC(=O)COC(=O)c1ccc(Cl)c(S(=O)(=O)NCC2CCCO2)c1. The van der Waals surface area contributed by atoms with Crippen LogP contribution in [0.2, 0.25) is 5.02 Å². The van der Waals surface area contributed by atoms with Gasteiger partial charge in [0.15, 0.2) is 6.61 Å². The lowest BCUT2D eigenvalue weighted by Crippen LogP contribution is -2.32. The maximum absolute atomic E-state index is 12.5. The predicted molar refractivity (Wildman–Crippen MR) is 102 cm³/mol. The van der Waals surface area contributed by atoms with Crippen LogP contribution < -0.4 is 4.72 Å². The normalized spacial score (nSPS) is 17.4. The van der Waals surface area contributed by atoms with E-state index < -0.39 is 34.2 Å². The lowest BCUT2D eigenvalue weighted by molar-refractivity contribution is -0.158. The van der Waals surface area contributed by atoms with Crippen molar-refractivity contribution in [3.8, 4) is 0 Å². The van der Waals surface area contributed by atoms with Crippen molar-refractivity contribution in [2.75, 3.05) is 19.8 Å². The Labute approximate surface area is 169 Å². The van der Waals surface area contributed by atoms with Gasteiger partial charge < -0.3 is 14.2 Å². The molecule has 10 heteroatoms. The summed E-state index contributed by atoms with van der Waals surface area (Å²) in [7, 11) is -3.95. The molecule has 1 aliphatic heterocycles. The molecule has 1 N–H and O–H groups in total. The van der Waals surface area contributed by atoms with Gasteiger partial charge in [-0.25, -0.2) is 22.7 Å². The number of ether oxygens (including phenoxy) is 3. The molecule has 1 saturated heterocycles. The molecule has 2 rings (SSSR count). The molecular weight excluding hydrogens is 410 g/mol. The topological polar surface area (TPSA) is 108 Å². The summed E-state index contributed by atoms with van der Waals surface area (Å²) in [6, 6.07) is 3.71. The van der Waals surface area contributed by atoms with Crippen molar-refractivity contribution in [3.05, 3.63) is 28.8 Å². The molecule has 1 aromatic carbocycles. The van der Waals surface area contributed by atoms with Crippen molar-refractivity contribution in [1.29, 1.82) is 0 Å². The average molecular weight is 434 g/mol. The van der Waals surface area contributed by atoms with Crippen molar-refractivity contribution in [3.63, 3.8) is 0 Å². The van der Waals surface area contributed by atoms with Crippen molar-refractivity contribution in [2.24, 2.45) is 0 Å². The van der Waals surface area contributed by atoms with Crippen LogP contribution in [0.15, 0.2) is 23.1 Å². The molecule has 1 unspecified atom stereocenters. The third kappa shape index (κ3) is 6.73. The van der Waals surface area contributed by atoms with Crippen LogP contribution in [0.5, 0.6) is 0 Å². The lowest BCUT2D eigenvalue weighted by Gasteiger charge is -2.19. The van der Waals surface area contributed by atoms with E-state index in [9.17, 15) is 18.0 Å². The fraction of sp³-hybridized carbons (Fsp3) is 0.556. The second-order valence-corrected chi connectivity index (χ2v) is 9.44. The molecule has 0 aliphatic carbocycles. The number of hydrogen-bond acceptors (Lipinski definition) is 7. The number of halogens is 1. The molecule has 8 nitrogen and oxygen atoms in total. The summed E-state index contributed by atoms with van der Waals surface area (Å²) in [4.78, 5) is 23.6. The number of nitrogens with one attached hydrogen (secondary N) is 1. The zero-order valence-corrected chi connectivity index (χ0v) is 17.6. The van der Waals surface area contributed by atoms with Crippen LogP contribution in [-0.4, -0.2) is 51.8 Å². The second kappa shape index (κ2) is 9.21. The Kier molecular flexibility index (Phi) is 7.44. The summed E-state index contributed by atoms with van der Waals surface area (Å²) in [6.45, 7) is 5.20. The first-order valence-electron chi connectivity index (χ1n) is 8.78. The molecule has 156 valence electrons. The van der Waals surface area contributed by atoms with Crippen LogP contribution in [-0.2, 0) is 29.0 Å². The monoisotopic (exact) mass is 433 g/mol. The van der Waals surface area contributed by atoms with Gasteiger partial charge in [0.2, 0.25) is 10.0 Å². The van der Waals surface area contributed by atoms with E-state index >= 15 is 0 Å². The third-order valence-electron chi connectivity index (χ3n) is 3.72. The highest BCUT2D eigenvalue weighted by Gasteiger charge is 2.24. The van der Waals surface area contributed by atoms with Gasteiger partial charge in [-0.3, -0.25) is 0 Å². The van der Waals surface area contributed by atoms with E-state index in [0.29, 0.717) is 6.61 Å². The molecular formula is C18H24ClNO7S. The summed E-state index contributed by atoms with van der Waals surface area (Å²) >= 11 is 6.00. The standard InChI is InChI=1S/C18H24ClNO7S/c1-18(2,3)27-16(21)11-26-17(22)12-6-7-14(19)15(9-12)28(23,24)20-10-13-5-4-8-25-13/h6-7,9,13,20H,4-5,8,10-11H2,1-3H3. The van der Waals surface area contributed by atoms with Gasteiger partial charge in [-0.1, -0.05) is 11.6 Å². The highest BCUT2D eigenvalue weighted by Crippen LogP contribution is 2.23. The Bertz CT molecular complexity index is 827. The van der Waals surface area contributed by atoms with Gasteiger partial charge in [0.25, 0.3) is 0 Å². The van der Waals surface area contributed by atoms with Crippen LogP contribution in [0.1, 0.15) is 44.0 Å². The van der Waals surface area contributed by atoms with Crippen molar-refractivity contribution in [1.82, 2.24) is 4.72 Å². The molecule has 1 atom stereocenters. The zero-order valence-electron chi connectivity index (χ0n) is 16.0. The zero-order chi connectivity index (χ0) is 20.9. The molecule has 28 heavy (non-hydrogen) atoms. The second-order valence-electron chi connectivity index (χ2n) is 7.29. The molecule has 0 radical (unpaired) electrons. The van der Waals surface area contributed by atoms with E-state index in [1.807, 2.05) is 0 Å². The largest absolute Gasteiger partial charge is 0.457 e. The Morgan fingerprint density at radius 1 is 1.32 bits per heavy atom. The predicted octanol–water partition coefficient (Wildman–Crippen LogP) is 2.30. The van der Waals surface area contributed by atoms with Crippen LogP contribution in [0, 0.1) is 0 Å². The number of esters is 2. The Morgan fingerprint density at radius 2 is 2.04 bits per heavy atom. The smallest absolute Gasteiger partial charge is 0.344 e. The molecule has 0 amide bonds. The maximum Gasteiger partial charge on any atom is 0.344 e. The van der Waals surface area contributed by atoms with Crippen LogP contribution in [0.4, 0.5) is 0 Å². The van der Waals surface area contributed by atoms with Gasteiger partial charge in [-0.15, -0.1) is 0 Å². The van der Waals surface area contributed by atoms with Crippen molar-refractivity contribution >= 4 is 33.6 Å². The molecule has 0 aromatic heterocycles. The number of benzene rings is 1. The van der Waals surface area contributed by atoms with Crippen molar-refractivity contribution < 1.29 is 32.2 Å². The van der Waals surface area contributed by atoms with Gasteiger partial charge in [0.1, 0.15) is 10.5 Å². The third-order valence-corrected chi connectivity index (χ3v) is 5.63. The van der Waals surface area contributed by atoms with E-state index in [4.69, 9.17) is 25.8 Å². The highest BCUT2D eigenvalue weighted by atomic mass is 35.5. The van der Waals surface area contributed by atoms with E-state index in [-0.39, 0.29) is 28.1 Å². The minimum atomic E-state index is -3.95. The minimum absolute atomic E-state index is 0.0384. The maximum atomic E-state index is 12.5. The van der Waals surface area contributed by atoms with E-state index in [0.717, 1.165) is 18.9 Å². The van der Waals surface area contributed by atoms with Gasteiger partial charge in [0.05, 0.1) is 16.7 Å². The van der Waals surface area contributed by atoms with Crippen LogP contribution in [0.25, 0.3) is 0 Å². The van der Waals surface area contributed by atoms with Crippen LogP contribution >= 0.6 is 11.6 Å². The molecule has 1 heterocycles. The Balaban J connectivity index is 2.04. The molecule has 1 fully saturated rings. The quantitative estimate of drug-likeness (QED) is 0.657. The average Bonchev–Trinajstić information content (AvgIpc) is 3.10. The minimum Gasteiger partial charge on any atom is -0.457 e. The van der Waals surface area contributed by atoms with Gasteiger partial charge in [-0.2, -0.15) is 0 Å². The van der Waals surface area contributed by atoms with Gasteiger partial charge in [0, 0.05) is 13.2 Å². The fourth-order valence-electron chi connectivity index (χ4n) is 2.50. The van der Waals surface area contributed by atoms with E-state index in [2.05, 4.69) is 4.72 Å². The summed E-state index contributed by atoms with van der Waals surface area (Å²) in [6.07, 6.45) is 1.47. The first-order chi connectivity index (χ1) is 13.0. The number of carbonyl (C=O) groups excluding carboxylic acids is 2. The van der Waals surface area contributed by atoms with Crippen LogP contribution in [0.3, 0.4) is 0 Å². The first kappa shape index (κ1) is 22.6. The molecule has 0 spiro atoms. The van der Waals surface area contributed by atoms with Crippen molar-refractivity contribution in [2.45, 2.75) is 50.2 Å². The molecule has 1 aromatic rings. The summed E-state index contributed by atoms with van der Waals surface area (Å²) in [5, 5.41) is -0.0384. The van der Waals surface area contributed by atoms with Gasteiger partial charge in [-0.05, 0) is 51.8 Å². The summed E-state index contributed by atoms with van der Waals surface area (Å²) in [5.41, 5.74) is -0.759. The first-order valence-corrected chi connectivity index (χ1v) is 10.6. The highest BCUT2D eigenvalue weighted by molar-refractivity contribution is 7.89. The lowest BCUT2D eigenvalue weighted by atomic mass is 10.2. The molecule has 0 saturated carbocycles. The molecule has 1 aliphatic rings.